The number of furan rings is 1. The molecule has 0 bridgehead atoms. The van der Waals surface area contributed by atoms with Gasteiger partial charge in [0, 0.05) is 6.54 Å². The number of nitrogens with zero attached hydrogens (tertiary/aromatic N) is 1. The van der Waals surface area contributed by atoms with Crippen LogP contribution in [0.4, 0.5) is 0 Å². The largest absolute Gasteiger partial charge is 0.497 e. The quantitative estimate of drug-likeness (QED) is 0.842. The summed E-state index contributed by atoms with van der Waals surface area (Å²) in [7, 11) is 1.66. The van der Waals surface area contributed by atoms with E-state index in [-0.39, 0.29) is 5.09 Å². The molecular weight excluding hydrogens is 304 g/mol. The minimum absolute atomic E-state index is 0.0928. The number of hydrogen-bond acceptors (Lipinski definition) is 5. The molecule has 0 aliphatic carbocycles. The van der Waals surface area contributed by atoms with Crippen LogP contribution >= 0.6 is 0 Å². The van der Waals surface area contributed by atoms with Crippen LogP contribution in [0.1, 0.15) is 11.6 Å². The average molecular weight is 324 g/mol. The lowest BCUT2D eigenvalue weighted by Gasteiger charge is -2.22. The summed E-state index contributed by atoms with van der Waals surface area (Å²) in [6.07, 6.45) is 1.34. The molecule has 2 aromatic rings. The van der Waals surface area contributed by atoms with Crippen molar-refractivity contribution in [2.24, 2.45) is 0 Å². The third-order valence-electron chi connectivity index (χ3n) is 3.12. The minimum atomic E-state index is -3.70. The monoisotopic (exact) mass is 324 g/mol. The highest BCUT2D eigenvalue weighted by molar-refractivity contribution is 7.89. The summed E-state index contributed by atoms with van der Waals surface area (Å²) in [5.74, 6) is 0.723. The van der Waals surface area contributed by atoms with Crippen LogP contribution in [0, 0.1) is 0 Å². The molecule has 0 aliphatic rings. The minimum Gasteiger partial charge on any atom is -0.497 e. The molecule has 0 unspecified atom stereocenters. The second-order valence-electron chi connectivity index (χ2n) is 5.14. The predicted octanol–water partition coefficient (Wildman–Crippen LogP) is 1.87. The first kappa shape index (κ1) is 16.5. The molecule has 2 rings (SSSR count). The van der Waals surface area contributed by atoms with E-state index in [4.69, 9.17) is 9.15 Å². The van der Waals surface area contributed by atoms with E-state index in [1.165, 1.54) is 12.3 Å². The van der Waals surface area contributed by atoms with Crippen molar-refractivity contribution in [1.82, 2.24) is 9.62 Å². The van der Waals surface area contributed by atoms with Gasteiger partial charge in [0.15, 0.2) is 0 Å². The van der Waals surface area contributed by atoms with Crippen LogP contribution in [0.25, 0.3) is 0 Å². The Balaban J connectivity index is 2.26. The number of nitrogens with one attached hydrogen (secondary N) is 1. The van der Waals surface area contributed by atoms with E-state index in [9.17, 15) is 8.42 Å². The van der Waals surface area contributed by atoms with Gasteiger partial charge < -0.3 is 14.1 Å². The number of ether oxygens (including phenoxy) is 1. The molecule has 0 aliphatic heterocycles. The van der Waals surface area contributed by atoms with Crippen molar-refractivity contribution in [3.05, 3.63) is 48.2 Å². The maximum atomic E-state index is 12.3. The molecule has 1 atom stereocenters. The van der Waals surface area contributed by atoms with Crippen molar-refractivity contribution < 1.29 is 17.6 Å². The zero-order valence-electron chi connectivity index (χ0n) is 12.8. The molecule has 0 saturated carbocycles. The number of likely N-dealkylation sites (N-methyl/N-ethyl adjacent to an activating group) is 1. The van der Waals surface area contributed by atoms with E-state index >= 15 is 0 Å². The Kier molecular flexibility index (Phi) is 5.23. The molecule has 0 fully saturated rings. The number of hydrogen-bond donors (Lipinski definition) is 1. The number of rotatable bonds is 7. The molecule has 6 nitrogen and oxygen atoms in total. The Morgan fingerprint density at radius 3 is 2.41 bits per heavy atom. The van der Waals surface area contributed by atoms with Gasteiger partial charge in [0.05, 0.1) is 19.4 Å². The fourth-order valence-electron chi connectivity index (χ4n) is 2.07. The summed E-state index contributed by atoms with van der Waals surface area (Å²) < 4.78 is 37.5. The van der Waals surface area contributed by atoms with Gasteiger partial charge in [-0.05, 0) is 43.9 Å². The molecule has 0 amide bonds. The first-order valence-electron chi connectivity index (χ1n) is 6.77. The van der Waals surface area contributed by atoms with Gasteiger partial charge in [-0.3, -0.25) is 0 Å². The third kappa shape index (κ3) is 4.09. The summed E-state index contributed by atoms with van der Waals surface area (Å²) in [6, 6.07) is 9.87. The highest BCUT2D eigenvalue weighted by Crippen LogP contribution is 2.21. The molecule has 7 heteroatoms. The molecule has 1 N–H and O–H groups in total. The Hall–Kier alpha value is -1.83. The smallest absolute Gasteiger partial charge is 0.274 e. The van der Waals surface area contributed by atoms with Gasteiger partial charge in [0.2, 0.25) is 5.09 Å². The summed E-state index contributed by atoms with van der Waals surface area (Å²) in [5.41, 5.74) is 0.852. The lowest BCUT2D eigenvalue weighted by Crippen LogP contribution is -2.35. The maximum absolute atomic E-state index is 12.3. The molecule has 22 heavy (non-hydrogen) atoms. The Morgan fingerprint density at radius 2 is 1.91 bits per heavy atom. The second kappa shape index (κ2) is 6.95. The van der Waals surface area contributed by atoms with Crippen LogP contribution in [0.5, 0.6) is 5.75 Å². The average Bonchev–Trinajstić information content (AvgIpc) is 3.01. The highest BCUT2D eigenvalue weighted by Gasteiger charge is 2.24. The van der Waals surface area contributed by atoms with Crippen LogP contribution in [0.15, 0.2) is 52.2 Å². The van der Waals surface area contributed by atoms with E-state index in [0.717, 1.165) is 11.3 Å². The molecule has 0 spiro atoms. The predicted molar refractivity (Wildman–Crippen MR) is 83.3 cm³/mol. The summed E-state index contributed by atoms with van der Waals surface area (Å²) in [4.78, 5) is 1.92. The Morgan fingerprint density at radius 1 is 1.23 bits per heavy atom. The van der Waals surface area contributed by atoms with Crippen molar-refractivity contribution in [2.75, 3.05) is 27.7 Å². The van der Waals surface area contributed by atoms with Gasteiger partial charge in [0.25, 0.3) is 10.0 Å². The van der Waals surface area contributed by atoms with Crippen LogP contribution in [-0.2, 0) is 10.0 Å². The fraction of sp³-hybridized carbons (Fsp3) is 0.333. The van der Waals surface area contributed by atoms with Gasteiger partial charge in [0.1, 0.15) is 5.75 Å². The van der Waals surface area contributed by atoms with Gasteiger partial charge >= 0.3 is 0 Å². The molecule has 1 aromatic carbocycles. The number of benzene rings is 1. The topological polar surface area (TPSA) is 71.8 Å². The van der Waals surface area contributed by atoms with Gasteiger partial charge in [-0.15, -0.1) is 0 Å². The Labute approximate surface area is 130 Å². The lowest BCUT2D eigenvalue weighted by molar-refractivity contribution is 0.359. The normalized spacial score (nSPS) is 13.3. The van der Waals surface area contributed by atoms with E-state index in [1.807, 2.05) is 31.1 Å². The Bertz CT molecular complexity index is 679. The van der Waals surface area contributed by atoms with Crippen LogP contribution in [0.2, 0.25) is 0 Å². The van der Waals surface area contributed by atoms with Crippen molar-refractivity contribution in [2.45, 2.75) is 11.1 Å². The molecular formula is C15H20N2O4S. The van der Waals surface area contributed by atoms with Crippen molar-refractivity contribution >= 4 is 10.0 Å². The van der Waals surface area contributed by atoms with E-state index in [2.05, 4.69) is 4.72 Å². The molecule has 0 saturated heterocycles. The van der Waals surface area contributed by atoms with Crippen LogP contribution < -0.4 is 9.46 Å². The zero-order chi connectivity index (χ0) is 16.2. The third-order valence-corrected chi connectivity index (χ3v) is 4.48. The second-order valence-corrected chi connectivity index (χ2v) is 6.79. The van der Waals surface area contributed by atoms with Crippen molar-refractivity contribution in [3.63, 3.8) is 0 Å². The fourth-order valence-corrected chi connectivity index (χ4v) is 3.22. The highest BCUT2D eigenvalue weighted by atomic mass is 32.2. The SMILES string of the molecule is COc1ccc([C@H](CN(C)C)NS(=O)(=O)c2ccco2)cc1. The van der Waals surface area contributed by atoms with Gasteiger partial charge in [-0.25, -0.2) is 8.42 Å². The summed E-state index contributed by atoms with van der Waals surface area (Å²) in [5, 5.41) is -0.0928. The molecule has 120 valence electrons. The summed E-state index contributed by atoms with van der Waals surface area (Å²) in [6.45, 7) is 0.520. The first-order valence-corrected chi connectivity index (χ1v) is 8.25. The maximum Gasteiger partial charge on any atom is 0.274 e. The number of methoxy groups -OCH3 is 1. The van der Waals surface area contributed by atoms with E-state index in [1.54, 1.807) is 25.3 Å². The molecule has 1 heterocycles. The lowest BCUT2D eigenvalue weighted by atomic mass is 10.1. The van der Waals surface area contributed by atoms with Gasteiger partial charge in [-0.1, -0.05) is 12.1 Å². The summed E-state index contributed by atoms with van der Waals surface area (Å²) >= 11 is 0. The zero-order valence-corrected chi connectivity index (χ0v) is 13.6. The van der Waals surface area contributed by atoms with E-state index < -0.39 is 16.1 Å². The van der Waals surface area contributed by atoms with Crippen molar-refractivity contribution in [3.8, 4) is 5.75 Å². The number of sulfonamides is 1. The van der Waals surface area contributed by atoms with Crippen LogP contribution in [-0.4, -0.2) is 41.1 Å². The van der Waals surface area contributed by atoms with Crippen molar-refractivity contribution in [1.29, 1.82) is 0 Å². The van der Waals surface area contributed by atoms with Crippen LogP contribution in [0.3, 0.4) is 0 Å². The van der Waals surface area contributed by atoms with Gasteiger partial charge in [-0.2, -0.15) is 4.72 Å². The molecule has 1 aromatic heterocycles. The van der Waals surface area contributed by atoms with E-state index in [0.29, 0.717) is 6.54 Å². The first-order chi connectivity index (χ1) is 10.4. The standard InChI is InChI=1S/C15H20N2O4S/c1-17(2)11-14(12-6-8-13(20-3)9-7-12)16-22(18,19)15-5-4-10-21-15/h4-10,14,16H,11H2,1-3H3/t14-/m0/s1. The molecule has 0 radical (unpaired) electrons.